The van der Waals surface area contributed by atoms with Crippen molar-refractivity contribution < 1.29 is 9.47 Å². The Morgan fingerprint density at radius 2 is 2.05 bits per heavy atom. The summed E-state index contributed by atoms with van der Waals surface area (Å²) in [4.78, 5) is 0. The summed E-state index contributed by atoms with van der Waals surface area (Å²) in [6.07, 6.45) is 3.05. The van der Waals surface area contributed by atoms with Crippen LogP contribution >= 0.6 is 0 Å². The molecular formula is C15H22N4O2. The molecule has 21 heavy (non-hydrogen) atoms. The largest absolute Gasteiger partial charge is 0.497 e. The lowest BCUT2D eigenvalue weighted by molar-refractivity contribution is 0.400. The minimum Gasteiger partial charge on any atom is -0.497 e. The average Bonchev–Trinajstić information content (AvgIpc) is 2.94. The van der Waals surface area contributed by atoms with Crippen molar-refractivity contribution >= 4 is 0 Å². The van der Waals surface area contributed by atoms with Gasteiger partial charge in [0, 0.05) is 12.6 Å². The van der Waals surface area contributed by atoms with Gasteiger partial charge in [-0.2, -0.15) is 0 Å². The first-order valence-corrected chi connectivity index (χ1v) is 7.11. The molecule has 1 heterocycles. The van der Waals surface area contributed by atoms with Crippen LogP contribution in [-0.4, -0.2) is 29.2 Å². The van der Waals surface area contributed by atoms with Gasteiger partial charge < -0.3 is 15.2 Å². The second kappa shape index (κ2) is 7.08. The lowest BCUT2D eigenvalue weighted by atomic mass is 10.1. The molecule has 0 radical (unpaired) electrons. The summed E-state index contributed by atoms with van der Waals surface area (Å²) in [5.74, 6) is 1.47. The molecule has 2 rings (SSSR count). The van der Waals surface area contributed by atoms with Crippen molar-refractivity contribution in [2.75, 3.05) is 14.2 Å². The number of rotatable bonds is 7. The van der Waals surface area contributed by atoms with E-state index in [9.17, 15) is 0 Å². The van der Waals surface area contributed by atoms with E-state index in [0.717, 1.165) is 47.8 Å². The number of hydrogen-bond donors (Lipinski definition) is 1. The Bertz CT molecular complexity index is 595. The maximum atomic E-state index is 5.77. The quantitative estimate of drug-likeness (QED) is 0.845. The van der Waals surface area contributed by atoms with E-state index in [2.05, 4.69) is 17.2 Å². The highest BCUT2D eigenvalue weighted by Crippen LogP contribution is 2.28. The van der Waals surface area contributed by atoms with Gasteiger partial charge in [0.15, 0.2) is 0 Å². The predicted molar refractivity (Wildman–Crippen MR) is 81.0 cm³/mol. The molecule has 6 heteroatoms. The average molecular weight is 290 g/mol. The number of nitrogens with zero attached hydrogens (tertiary/aromatic N) is 3. The number of unbranched alkanes of at least 4 members (excludes halogenated alkanes) is 1. The summed E-state index contributed by atoms with van der Waals surface area (Å²) >= 11 is 0. The summed E-state index contributed by atoms with van der Waals surface area (Å²) in [6.45, 7) is 2.54. The number of methoxy groups -OCH3 is 2. The van der Waals surface area contributed by atoms with Crippen LogP contribution in [0.5, 0.6) is 11.5 Å². The number of benzene rings is 1. The van der Waals surface area contributed by atoms with E-state index >= 15 is 0 Å². The molecule has 0 unspecified atom stereocenters. The molecule has 0 fully saturated rings. The van der Waals surface area contributed by atoms with Gasteiger partial charge in [-0.1, -0.05) is 18.6 Å². The van der Waals surface area contributed by atoms with Gasteiger partial charge in [-0.15, -0.1) is 5.10 Å². The third-order valence-corrected chi connectivity index (χ3v) is 3.42. The topological polar surface area (TPSA) is 75.2 Å². The first-order valence-electron chi connectivity index (χ1n) is 7.11. The van der Waals surface area contributed by atoms with Gasteiger partial charge in [0.05, 0.1) is 25.6 Å². The van der Waals surface area contributed by atoms with Crippen molar-refractivity contribution in [3.63, 3.8) is 0 Å². The Morgan fingerprint density at radius 3 is 2.67 bits per heavy atom. The Morgan fingerprint density at radius 1 is 1.24 bits per heavy atom. The first kappa shape index (κ1) is 15.3. The molecule has 1 aromatic heterocycles. The molecule has 0 saturated carbocycles. The van der Waals surface area contributed by atoms with Crippen molar-refractivity contribution in [1.29, 1.82) is 0 Å². The minimum absolute atomic E-state index is 0.380. The van der Waals surface area contributed by atoms with Gasteiger partial charge >= 0.3 is 0 Å². The summed E-state index contributed by atoms with van der Waals surface area (Å²) in [6, 6.07) is 5.61. The van der Waals surface area contributed by atoms with E-state index in [4.69, 9.17) is 15.2 Å². The zero-order valence-corrected chi connectivity index (χ0v) is 12.8. The molecule has 2 N–H and O–H groups in total. The zero-order chi connectivity index (χ0) is 15.2. The molecule has 0 aliphatic rings. The molecule has 0 bridgehead atoms. The fourth-order valence-corrected chi connectivity index (χ4v) is 2.24. The van der Waals surface area contributed by atoms with Gasteiger partial charge in [0.2, 0.25) is 0 Å². The lowest BCUT2D eigenvalue weighted by Crippen LogP contribution is -2.08. The van der Waals surface area contributed by atoms with Crippen LogP contribution in [0.15, 0.2) is 18.2 Å². The second-order valence-electron chi connectivity index (χ2n) is 4.74. The summed E-state index contributed by atoms with van der Waals surface area (Å²) in [5, 5.41) is 8.43. The molecule has 2 aromatic rings. The van der Waals surface area contributed by atoms with Crippen LogP contribution < -0.4 is 15.2 Å². The second-order valence-corrected chi connectivity index (χ2v) is 4.74. The number of ether oxygens (including phenoxy) is 2. The maximum absolute atomic E-state index is 5.77. The fourth-order valence-electron chi connectivity index (χ4n) is 2.24. The van der Waals surface area contributed by atoms with Crippen LogP contribution in [0.3, 0.4) is 0 Å². The number of nitrogens with two attached hydrogens (primary N) is 1. The van der Waals surface area contributed by atoms with Crippen molar-refractivity contribution in [1.82, 2.24) is 15.0 Å². The first-order chi connectivity index (χ1) is 10.2. The van der Waals surface area contributed by atoms with E-state index in [1.165, 1.54) is 0 Å². The van der Waals surface area contributed by atoms with Gasteiger partial charge in [-0.05, 0) is 25.0 Å². The summed E-state index contributed by atoms with van der Waals surface area (Å²) in [5.41, 5.74) is 8.44. The molecule has 0 aliphatic carbocycles. The fraction of sp³-hybridized carbons (Fsp3) is 0.467. The maximum Gasteiger partial charge on any atom is 0.144 e. The number of aromatic nitrogens is 3. The Hall–Kier alpha value is -2.08. The highest BCUT2D eigenvalue weighted by atomic mass is 16.5. The molecule has 0 amide bonds. The minimum atomic E-state index is 0.380. The molecule has 0 saturated heterocycles. The van der Waals surface area contributed by atoms with Crippen LogP contribution in [0.2, 0.25) is 0 Å². The van der Waals surface area contributed by atoms with Crippen molar-refractivity contribution in [3.05, 3.63) is 29.6 Å². The molecule has 0 atom stereocenters. The third-order valence-electron chi connectivity index (χ3n) is 3.42. The summed E-state index contributed by atoms with van der Waals surface area (Å²) in [7, 11) is 3.27. The van der Waals surface area contributed by atoms with Crippen LogP contribution in [0.4, 0.5) is 0 Å². The highest BCUT2D eigenvalue weighted by Gasteiger charge is 2.16. The highest BCUT2D eigenvalue weighted by molar-refractivity contribution is 5.51. The van der Waals surface area contributed by atoms with Crippen molar-refractivity contribution in [2.24, 2.45) is 5.73 Å². The van der Waals surface area contributed by atoms with Gasteiger partial charge in [-0.25, -0.2) is 4.68 Å². The SMILES string of the molecule is CCCCc1c(CN)nnn1-c1cc(OC)ccc1OC. The normalized spacial score (nSPS) is 10.7. The molecule has 114 valence electrons. The van der Waals surface area contributed by atoms with Crippen LogP contribution in [0.25, 0.3) is 5.69 Å². The lowest BCUT2D eigenvalue weighted by Gasteiger charge is -2.12. The van der Waals surface area contributed by atoms with Gasteiger partial charge in [0.1, 0.15) is 17.2 Å². The monoisotopic (exact) mass is 290 g/mol. The van der Waals surface area contributed by atoms with E-state index in [-0.39, 0.29) is 0 Å². The van der Waals surface area contributed by atoms with Gasteiger partial charge in [0.25, 0.3) is 0 Å². The Kier molecular flexibility index (Phi) is 5.16. The summed E-state index contributed by atoms with van der Waals surface area (Å²) < 4.78 is 12.5. The molecule has 1 aromatic carbocycles. The van der Waals surface area contributed by atoms with Crippen LogP contribution in [0, 0.1) is 0 Å². The van der Waals surface area contributed by atoms with E-state index in [1.54, 1.807) is 18.9 Å². The third kappa shape index (κ3) is 3.16. The molecule has 6 nitrogen and oxygen atoms in total. The van der Waals surface area contributed by atoms with Crippen LogP contribution in [0.1, 0.15) is 31.2 Å². The smallest absolute Gasteiger partial charge is 0.144 e. The molecule has 0 aliphatic heterocycles. The molecule has 0 spiro atoms. The van der Waals surface area contributed by atoms with E-state index in [1.807, 2.05) is 18.2 Å². The van der Waals surface area contributed by atoms with E-state index < -0.39 is 0 Å². The van der Waals surface area contributed by atoms with Gasteiger partial charge in [-0.3, -0.25) is 0 Å². The molecular weight excluding hydrogens is 268 g/mol. The van der Waals surface area contributed by atoms with Crippen molar-refractivity contribution in [2.45, 2.75) is 32.7 Å². The predicted octanol–water partition coefficient (Wildman–Crippen LogP) is 2.09. The Labute approximate surface area is 124 Å². The number of hydrogen-bond acceptors (Lipinski definition) is 5. The van der Waals surface area contributed by atoms with E-state index in [0.29, 0.717) is 6.54 Å². The van der Waals surface area contributed by atoms with Crippen LogP contribution in [-0.2, 0) is 13.0 Å². The zero-order valence-electron chi connectivity index (χ0n) is 12.8. The van der Waals surface area contributed by atoms with Crippen molar-refractivity contribution in [3.8, 4) is 17.2 Å². The Balaban J connectivity index is 2.52. The standard InChI is InChI=1S/C15H22N4O2/c1-4-5-6-13-12(10-16)17-18-19(13)14-9-11(20-2)7-8-15(14)21-3/h7-9H,4-6,10,16H2,1-3H3.